The Labute approximate surface area is 120 Å². The molecular weight excluding hydrogens is 336 g/mol. The molecule has 0 saturated carbocycles. The van der Waals surface area contributed by atoms with Crippen LogP contribution in [0.4, 0.5) is 5.69 Å². The van der Waals surface area contributed by atoms with Crippen molar-refractivity contribution >= 4 is 43.4 Å². The molecule has 0 aliphatic carbocycles. The van der Waals surface area contributed by atoms with Gasteiger partial charge in [0.05, 0.1) is 4.90 Å². The van der Waals surface area contributed by atoms with E-state index in [0.717, 1.165) is 17.9 Å². The molecule has 18 heavy (non-hydrogen) atoms. The highest BCUT2D eigenvalue weighted by molar-refractivity contribution is 9.10. The fourth-order valence-electron chi connectivity index (χ4n) is 1.89. The predicted molar refractivity (Wildman–Crippen MR) is 79.2 cm³/mol. The van der Waals surface area contributed by atoms with E-state index in [0.29, 0.717) is 10.2 Å². The molecule has 0 bridgehead atoms. The molecule has 2 N–H and O–H groups in total. The molecule has 1 saturated heterocycles. The molecule has 1 atom stereocenters. The summed E-state index contributed by atoms with van der Waals surface area (Å²) in [5.74, 6) is 1.88. The van der Waals surface area contributed by atoms with Crippen molar-refractivity contribution in [2.24, 2.45) is 0 Å². The number of rotatable bonds is 3. The van der Waals surface area contributed by atoms with Gasteiger partial charge in [-0.1, -0.05) is 0 Å². The summed E-state index contributed by atoms with van der Waals surface area (Å²) < 4.78 is 27.0. The first-order valence-electron chi connectivity index (χ1n) is 5.53. The van der Waals surface area contributed by atoms with E-state index >= 15 is 0 Å². The van der Waals surface area contributed by atoms with Crippen molar-refractivity contribution in [1.29, 1.82) is 0 Å². The highest BCUT2D eigenvalue weighted by atomic mass is 79.9. The lowest BCUT2D eigenvalue weighted by molar-refractivity contribution is 0.394. The first kappa shape index (κ1) is 14.2. The second kappa shape index (κ2) is 5.40. The number of halogens is 1. The minimum absolute atomic E-state index is 0.0875. The van der Waals surface area contributed by atoms with E-state index in [1.807, 2.05) is 0 Å². The molecule has 100 valence electrons. The van der Waals surface area contributed by atoms with E-state index in [1.54, 1.807) is 37.0 Å². The Balaban J connectivity index is 2.35. The van der Waals surface area contributed by atoms with Crippen molar-refractivity contribution in [1.82, 2.24) is 4.31 Å². The van der Waals surface area contributed by atoms with Crippen LogP contribution in [0.25, 0.3) is 0 Å². The summed E-state index contributed by atoms with van der Waals surface area (Å²) in [6.45, 7) is 0. The summed E-state index contributed by atoms with van der Waals surface area (Å²) in [5.41, 5.74) is 6.17. The van der Waals surface area contributed by atoms with Crippen LogP contribution >= 0.6 is 27.7 Å². The average molecular weight is 351 g/mol. The summed E-state index contributed by atoms with van der Waals surface area (Å²) in [6.07, 6.45) is 0.910. The summed E-state index contributed by atoms with van der Waals surface area (Å²) in [6, 6.07) is 4.86. The fourth-order valence-corrected chi connectivity index (χ4v) is 5.69. The lowest BCUT2D eigenvalue weighted by atomic mass is 10.3. The number of sulfonamides is 1. The molecule has 1 aliphatic rings. The number of hydrogen-bond acceptors (Lipinski definition) is 4. The Bertz CT molecular complexity index is 542. The molecule has 2 rings (SSSR count). The van der Waals surface area contributed by atoms with Crippen LogP contribution in [0.5, 0.6) is 0 Å². The Morgan fingerprint density at radius 2 is 2.22 bits per heavy atom. The third-order valence-corrected chi connectivity index (χ3v) is 7.06. The van der Waals surface area contributed by atoms with E-state index in [1.165, 1.54) is 4.31 Å². The minimum Gasteiger partial charge on any atom is -0.399 e. The summed E-state index contributed by atoms with van der Waals surface area (Å²) in [5, 5.41) is 0. The maximum absolute atomic E-state index is 12.5. The third kappa shape index (κ3) is 2.68. The lowest BCUT2D eigenvalue weighted by Gasteiger charge is -2.23. The average Bonchev–Trinajstić information content (AvgIpc) is 2.80. The Morgan fingerprint density at radius 1 is 1.50 bits per heavy atom. The van der Waals surface area contributed by atoms with Crippen molar-refractivity contribution in [2.75, 3.05) is 24.3 Å². The number of nitrogen functional groups attached to an aromatic ring is 1. The van der Waals surface area contributed by atoms with Gasteiger partial charge in [-0.15, -0.1) is 0 Å². The molecule has 0 amide bonds. The van der Waals surface area contributed by atoms with Crippen LogP contribution in [0, 0.1) is 0 Å². The summed E-state index contributed by atoms with van der Waals surface area (Å²) in [7, 11) is -1.80. The van der Waals surface area contributed by atoms with Crippen LogP contribution in [0.1, 0.15) is 6.42 Å². The van der Waals surface area contributed by atoms with Gasteiger partial charge >= 0.3 is 0 Å². The Kier molecular flexibility index (Phi) is 4.25. The maximum atomic E-state index is 12.5. The maximum Gasteiger partial charge on any atom is 0.244 e. The number of thioether (sulfide) groups is 1. The van der Waals surface area contributed by atoms with E-state index in [4.69, 9.17) is 5.73 Å². The van der Waals surface area contributed by atoms with E-state index in [2.05, 4.69) is 15.9 Å². The topological polar surface area (TPSA) is 63.4 Å². The summed E-state index contributed by atoms with van der Waals surface area (Å²) in [4.78, 5) is 0.274. The van der Waals surface area contributed by atoms with Gasteiger partial charge in [0.1, 0.15) is 0 Å². The number of benzene rings is 1. The van der Waals surface area contributed by atoms with Crippen molar-refractivity contribution in [3.8, 4) is 0 Å². The zero-order chi connectivity index (χ0) is 13.3. The van der Waals surface area contributed by atoms with Gasteiger partial charge < -0.3 is 5.73 Å². The van der Waals surface area contributed by atoms with Gasteiger partial charge in [-0.2, -0.15) is 16.1 Å². The molecule has 0 aromatic heterocycles. The zero-order valence-electron chi connectivity index (χ0n) is 9.97. The fraction of sp³-hybridized carbons (Fsp3) is 0.455. The van der Waals surface area contributed by atoms with Gasteiger partial charge in [0.15, 0.2) is 0 Å². The Hall–Kier alpha value is -0.240. The highest BCUT2D eigenvalue weighted by Gasteiger charge is 2.31. The lowest BCUT2D eigenvalue weighted by Crippen LogP contribution is -2.37. The normalized spacial score (nSPS) is 20.5. The quantitative estimate of drug-likeness (QED) is 0.848. The first-order chi connectivity index (χ1) is 8.43. The zero-order valence-corrected chi connectivity index (χ0v) is 13.2. The number of anilines is 1. The van der Waals surface area contributed by atoms with Crippen molar-refractivity contribution < 1.29 is 8.42 Å². The van der Waals surface area contributed by atoms with Gasteiger partial charge in [0, 0.05) is 29.0 Å². The van der Waals surface area contributed by atoms with Crippen molar-refractivity contribution in [3.05, 3.63) is 22.7 Å². The van der Waals surface area contributed by atoms with Gasteiger partial charge in [0.2, 0.25) is 10.0 Å². The third-order valence-electron chi connectivity index (χ3n) is 3.03. The molecule has 0 spiro atoms. The molecule has 1 aliphatic heterocycles. The molecule has 1 heterocycles. The second-order valence-corrected chi connectivity index (χ2v) is 8.20. The van der Waals surface area contributed by atoms with Crippen LogP contribution < -0.4 is 5.73 Å². The molecule has 1 aromatic rings. The van der Waals surface area contributed by atoms with Gasteiger partial charge in [-0.3, -0.25) is 0 Å². The SMILES string of the molecule is CN(C1CCSC1)S(=O)(=O)c1ccc(N)cc1Br. The first-order valence-corrected chi connectivity index (χ1v) is 8.92. The van der Waals surface area contributed by atoms with Crippen LogP contribution in [0.15, 0.2) is 27.6 Å². The summed E-state index contributed by atoms with van der Waals surface area (Å²) >= 11 is 5.06. The highest BCUT2D eigenvalue weighted by Crippen LogP contribution is 2.30. The molecule has 0 radical (unpaired) electrons. The number of hydrogen-bond donors (Lipinski definition) is 1. The molecule has 4 nitrogen and oxygen atoms in total. The number of nitrogens with two attached hydrogens (primary N) is 1. The Morgan fingerprint density at radius 3 is 2.78 bits per heavy atom. The van der Waals surface area contributed by atoms with Crippen LogP contribution in [0.3, 0.4) is 0 Å². The van der Waals surface area contributed by atoms with Gasteiger partial charge in [-0.05, 0) is 46.3 Å². The molecule has 1 unspecified atom stereocenters. The molecular formula is C11H15BrN2O2S2. The van der Waals surface area contributed by atoms with Crippen LogP contribution in [0.2, 0.25) is 0 Å². The largest absolute Gasteiger partial charge is 0.399 e. The molecule has 7 heteroatoms. The molecule has 1 fully saturated rings. The number of nitrogens with zero attached hydrogens (tertiary/aromatic N) is 1. The van der Waals surface area contributed by atoms with Crippen LogP contribution in [-0.4, -0.2) is 37.3 Å². The predicted octanol–water partition coefficient (Wildman–Crippen LogP) is 2.16. The van der Waals surface area contributed by atoms with Crippen molar-refractivity contribution in [2.45, 2.75) is 17.4 Å². The molecule has 1 aromatic carbocycles. The standard InChI is InChI=1S/C11H15BrN2O2S2/c1-14(9-4-5-17-7-9)18(15,16)11-3-2-8(13)6-10(11)12/h2-3,6,9H,4-5,7,13H2,1H3. The van der Waals surface area contributed by atoms with Crippen molar-refractivity contribution in [3.63, 3.8) is 0 Å². The monoisotopic (exact) mass is 350 g/mol. The van der Waals surface area contributed by atoms with Gasteiger partial charge in [0.25, 0.3) is 0 Å². The van der Waals surface area contributed by atoms with Gasteiger partial charge in [-0.25, -0.2) is 8.42 Å². The minimum atomic E-state index is -3.45. The van der Waals surface area contributed by atoms with E-state index < -0.39 is 10.0 Å². The van der Waals surface area contributed by atoms with E-state index in [9.17, 15) is 8.42 Å². The van der Waals surface area contributed by atoms with Crippen LogP contribution in [-0.2, 0) is 10.0 Å². The smallest absolute Gasteiger partial charge is 0.244 e. The van der Waals surface area contributed by atoms with E-state index in [-0.39, 0.29) is 10.9 Å². The second-order valence-electron chi connectivity index (χ2n) is 4.23.